The smallest absolute Gasteiger partial charge is 0.141 e. The van der Waals surface area contributed by atoms with Gasteiger partial charge in [0.15, 0.2) is 0 Å². The van der Waals surface area contributed by atoms with Crippen molar-refractivity contribution in [2.24, 2.45) is 0 Å². The Morgan fingerprint density at radius 1 is 1.29 bits per heavy atom. The number of nitrogens with zero attached hydrogens (tertiary/aromatic N) is 3. The molecule has 1 aromatic heterocycles. The lowest BCUT2D eigenvalue weighted by atomic mass is 10.2. The number of pyridine rings is 1. The van der Waals surface area contributed by atoms with Gasteiger partial charge in [-0.25, -0.2) is 9.37 Å². The quantitative estimate of drug-likeness (QED) is 0.899. The third-order valence-corrected chi connectivity index (χ3v) is 4.29. The summed E-state index contributed by atoms with van der Waals surface area (Å²) in [5.74, 6) is 0.691. The molecular weight excluding hydrogens is 267 g/mol. The number of nitrogens with one attached hydrogen (secondary N) is 1. The fraction of sp³-hybridized carbons (Fsp3) is 0.688. The fourth-order valence-electron chi connectivity index (χ4n) is 2.94. The van der Waals surface area contributed by atoms with Gasteiger partial charge >= 0.3 is 0 Å². The lowest BCUT2D eigenvalue weighted by Crippen LogP contribution is -2.47. The van der Waals surface area contributed by atoms with Crippen LogP contribution in [0.25, 0.3) is 0 Å². The summed E-state index contributed by atoms with van der Waals surface area (Å²) in [5, 5.41) is 3.36. The van der Waals surface area contributed by atoms with Crippen LogP contribution in [0.15, 0.2) is 12.3 Å². The first-order chi connectivity index (χ1) is 10.1. The molecule has 1 aliphatic carbocycles. The zero-order valence-electron chi connectivity index (χ0n) is 13.0. The van der Waals surface area contributed by atoms with E-state index in [0.29, 0.717) is 12.6 Å². The monoisotopic (exact) mass is 292 g/mol. The van der Waals surface area contributed by atoms with Gasteiger partial charge in [-0.15, -0.1) is 0 Å². The predicted molar refractivity (Wildman–Crippen MR) is 83.0 cm³/mol. The second kappa shape index (κ2) is 6.28. The van der Waals surface area contributed by atoms with Crippen LogP contribution in [0.1, 0.15) is 32.3 Å². The number of hydrogen-bond donors (Lipinski definition) is 1. The van der Waals surface area contributed by atoms with Crippen molar-refractivity contribution >= 4 is 5.82 Å². The van der Waals surface area contributed by atoms with Crippen LogP contribution in [0.2, 0.25) is 0 Å². The van der Waals surface area contributed by atoms with E-state index >= 15 is 0 Å². The molecule has 1 saturated heterocycles. The topological polar surface area (TPSA) is 31.4 Å². The molecule has 1 aromatic rings. The van der Waals surface area contributed by atoms with Crippen molar-refractivity contribution in [2.45, 2.75) is 45.3 Å². The lowest BCUT2D eigenvalue weighted by molar-refractivity contribution is 0.247. The Balaban J connectivity index is 1.68. The van der Waals surface area contributed by atoms with E-state index < -0.39 is 0 Å². The van der Waals surface area contributed by atoms with E-state index in [1.807, 2.05) is 0 Å². The van der Waals surface area contributed by atoms with Gasteiger partial charge < -0.3 is 10.2 Å². The highest BCUT2D eigenvalue weighted by atomic mass is 19.1. The fourth-order valence-corrected chi connectivity index (χ4v) is 2.94. The number of hydrogen-bond acceptors (Lipinski definition) is 4. The van der Waals surface area contributed by atoms with Gasteiger partial charge in [-0.1, -0.05) is 13.8 Å². The van der Waals surface area contributed by atoms with Gasteiger partial charge in [-0.3, -0.25) is 4.90 Å². The Morgan fingerprint density at radius 3 is 2.62 bits per heavy atom. The average molecular weight is 292 g/mol. The summed E-state index contributed by atoms with van der Waals surface area (Å²) in [6, 6.07) is 2.83. The van der Waals surface area contributed by atoms with Crippen molar-refractivity contribution in [3.8, 4) is 0 Å². The summed E-state index contributed by atoms with van der Waals surface area (Å²) in [5.41, 5.74) is 0.962. The summed E-state index contributed by atoms with van der Waals surface area (Å²) < 4.78 is 13.5. The predicted octanol–water partition coefficient (Wildman–Crippen LogP) is 2.00. The zero-order valence-corrected chi connectivity index (χ0v) is 13.0. The molecule has 1 N–H and O–H groups in total. The molecular formula is C16H25FN4. The Labute approximate surface area is 126 Å². The van der Waals surface area contributed by atoms with Gasteiger partial charge in [0.2, 0.25) is 0 Å². The van der Waals surface area contributed by atoms with Crippen molar-refractivity contribution in [2.75, 3.05) is 31.1 Å². The molecule has 0 unspecified atom stereocenters. The van der Waals surface area contributed by atoms with Gasteiger partial charge in [0.05, 0.1) is 6.20 Å². The second-order valence-corrected chi connectivity index (χ2v) is 6.43. The van der Waals surface area contributed by atoms with E-state index in [4.69, 9.17) is 0 Å². The van der Waals surface area contributed by atoms with Crippen LogP contribution >= 0.6 is 0 Å². The summed E-state index contributed by atoms with van der Waals surface area (Å²) in [7, 11) is 0. The van der Waals surface area contributed by atoms with E-state index in [0.717, 1.165) is 43.6 Å². The van der Waals surface area contributed by atoms with Crippen molar-refractivity contribution in [3.63, 3.8) is 0 Å². The number of rotatable bonds is 5. The van der Waals surface area contributed by atoms with Crippen LogP contribution in [-0.2, 0) is 6.54 Å². The van der Waals surface area contributed by atoms with E-state index in [9.17, 15) is 4.39 Å². The normalized spacial score (nSPS) is 20.3. The SMILES string of the molecule is CC(C)NCc1cc(F)cnc1N1CCN(C2CC2)CC1. The van der Waals surface area contributed by atoms with Crippen molar-refractivity contribution in [1.29, 1.82) is 0 Å². The number of aromatic nitrogens is 1. The van der Waals surface area contributed by atoms with Crippen LogP contribution in [0.3, 0.4) is 0 Å². The van der Waals surface area contributed by atoms with Gasteiger partial charge in [0.25, 0.3) is 0 Å². The number of piperazine rings is 1. The summed E-state index contributed by atoms with van der Waals surface area (Å²) >= 11 is 0. The molecule has 3 rings (SSSR count). The maximum atomic E-state index is 13.5. The van der Waals surface area contributed by atoms with Crippen LogP contribution in [-0.4, -0.2) is 48.1 Å². The van der Waals surface area contributed by atoms with Crippen LogP contribution in [0, 0.1) is 5.82 Å². The minimum absolute atomic E-state index is 0.254. The first-order valence-corrected chi connectivity index (χ1v) is 8.00. The molecule has 0 atom stereocenters. The third kappa shape index (κ3) is 3.71. The molecule has 2 fully saturated rings. The standard InChI is InChI=1S/C16H25FN4/c1-12(2)18-10-13-9-14(17)11-19-16(13)21-7-5-20(6-8-21)15-3-4-15/h9,11-12,15,18H,3-8,10H2,1-2H3. The van der Waals surface area contributed by atoms with Gasteiger partial charge in [-0.2, -0.15) is 0 Å². The molecule has 1 aliphatic heterocycles. The van der Waals surface area contributed by atoms with E-state index in [1.54, 1.807) is 6.07 Å². The summed E-state index contributed by atoms with van der Waals surface area (Å²) in [6.07, 6.45) is 4.05. The van der Waals surface area contributed by atoms with Crippen molar-refractivity contribution < 1.29 is 4.39 Å². The largest absolute Gasteiger partial charge is 0.354 e. The Hall–Kier alpha value is -1.20. The molecule has 0 radical (unpaired) electrons. The minimum atomic E-state index is -0.254. The second-order valence-electron chi connectivity index (χ2n) is 6.43. The molecule has 4 nitrogen and oxygen atoms in total. The number of halogens is 1. The number of anilines is 1. The highest BCUT2D eigenvalue weighted by Gasteiger charge is 2.31. The third-order valence-electron chi connectivity index (χ3n) is 4.29. The van der Waals surface area contributed by atoms with Gasteiger partial charge in [0.1, 0.15) is 11.6 Å². The molecule has 0 spiro atoms. The Bertz CT molecular complexity index is 479. The summed E-state index contributed by atoms with van der Waals surface area (Å²) in [6.45, 7) is 9.04. The molecule has 21 heavy (non-hydrogen) atoms. The molecule has 0 bridgehead atoms. The zero-order chi connectivity index (χ0) is 14.8. The Kier molecular flexibility index (Phi) is 4.40. The van der Waals surface area contributed by atoms with Gasteiger partial charge in [-0.05, 0) is 18.9 Å². The van der Waals surface area contributed by atoms with Crippen molar-refractivity contribution in [1.82, 2.24) is 15.2 Å². The van der Waals surface area contributed by atoms with E-state index in [2.05, 4.69) is 33.9 Å². The van der Waals surface area contributed by atoms with Crippen molar-refractivity contribution in [3.05, 3.63) is 23.6 Å². The van der Waals surface area contributed by atoms with E-state index in [-0.39, 0.29) is 5.82 Å². The van der Waals surface area contributed by atoms with Crippen LogP contribution < -0.4 is 10.2 Å². The highest BCUT2D eigenvalue weighted by Crippen LogP contribution is 2.29. The first-order valence-electron chi connectivity index (χ1n) is 8.00. The molecule has 1 saturated carbocycles. The molecule has 116 valence electrons. The van der Waals surface area contributed by atoms with Crippen LogP contribution in [0.4, 0.5) is 10.2 Å². The molecule has 2 aliphatic rings. The average Bonchev–Trinajstić information content (AvgIpc) is 3.30. The minimum Gasteiger partial charge on any atom is -0.354 e. The Morgan fingerprint density at radius 2 is 2.00 bits per heavy atom. The molecule has 0 aromatic carbocycles. The maximum Gasteiger partial charge on any atom is 0.141 e. The summed E-state index contributed by atoms with van der Waals surface area (Å²) in [4.78, 5) is 9.23. The molecule has 5 heteroatoms. The molecule has 2 heterocycles. The highest BCUT2D eigenvalue weighted by molar-refractivity contribution is 5.47. The molecule has 0 amide bonds. The van der Waals surface area contributed by atoms with Crippen LogP contribution in [0.5, 0.6) is 0 Å². The lowest BCUT2D eigenvalue weighted by Gasteiger charge is -2.36. The van der Waals surface area contributed by atoms with Gasteiger partial charge in [0, 0.05) is 50.4 Å². The van der Waals surface area contributed by atoms with E-state index in [1.165, 1.54) is 19.0 Å². The maximum absolute atomic E-state index is 13.5. The first kappa shape index (κ1) is 14.7.